The van der Waals surface area contributed by atoms with Crippen LogP contribution in [-0.4, -0.2) is 31.5 Å². The number of nitrogens with zero attached hydrogens (tertiary/aromatic N) is 3. The predicted molar refractivity (Wildman–Crippen MR) is 86.7 cm³/mol. The molecule has 0 amide bonds. The Morgan fingerprint density at radius 3 is 2.79 bits per heavy atom. The van der Waals surface area contributed by atoms with E-state index in [4.69, 9.17) is 4.74 Å². The molecule has 3 rings (SSSR count). The fourth-order valence-corrected chi connectivity index (χ4v) is 4.72. The Bertz CT molecular complexity index is 913. The smallest absolute Gasteiger partial charge is 0.273 e. The molecule has 2 aromatic rings. The first-order valence-electron chi connectivity index (χ1n) is 7.16. The van der Waals surface area contributed by atoms with Crippen LogP contribution in [-0.2, 0) is 16.4 Å². The highest BCUT2D eigenvalue weighted by molar-refractivity contribution is 7.93. The summed E-state index contributed by atoms with van der Waals surface area (Å²) < 4.78 is 32.6. The summed E-state index contributed by atoms with van der Waals surface area (Å²) in [6.07, 6.45) is 3.73. The van der Waals surface area contributed by atoms with E-state index >= 15 is 0 Å². The molecule has 0 aliphatic carbocycles. The standard InChI is InChI=1S/C15H15N3O5S/c1-10-7-11-9-16-6-5-13(11)17(10)24(21,22)15-4-3-12(18(19)20)8-14(15)23-2/h3-6,8-10H,7H2,1-2H3. The largest absolute Gasteiger partial charge is 0.495 e. The van der Waals surface area contributed by atoms with Gasteiger partial charge in [-0.3, -0.25) is 19.4 Å². The van der Waals surface area contributed by atoms with E-state index in [0.29, 0.717) is 12.1 Å². The Morgan fingerprint density at radius 1 is 1.38 bits per heavy atom. The molecular formula is C15H15N3O5S. The molecule has 0 fully saturated rings. The van der Waals surface area contributed by atoms with Gasteiger partial charge in [-0.15, -0.1) is 0 Å². The van der Waals surface area contributed by atoms with Gasteiger partial charge in [-0.1, -0.05) is 0 Å². The maximum atomic E-state index is 13.1. The van der Waals surface area contributed by atoms with Crippen molar-refractivity contribution in [2.75, 3.05) is 11.4 Å². The number of aromatic nitrogens is 1. The van der Waals surface area contributed by atoms with Gasteiger partial charge in [0.1, 0.15) is 10.6 Å². The fraction of sp³-hybridized carbons (Fsp3) is 0.267. The van der Waals surface area contributed by atoms with E-state index in [9.17, 15) is 18.5 Å². The third-order valence-electron chi connectivity index (χ3n) is 3.93. The first kappa shape index (κ1) is 16.2. The number of benzene rings is 1. The van der Waals surface area contributed by atoms with Crippen molar-refractivity contribution in [3.05, 3.63) is 52.3 Å². The minimum Gasteiger partial charge on any atom is -0.495 e. The van der Waals surface area contributed by atoms with E-state index in [1.54, 1.807) is 19.2 Å². The van der Waals surface area contributed by atoms with Crippen molar-refractivity contribution in [1.82, 2.24) is 4.98 Å². The zero-order valence-corrected chi connectivity index (χ0v) is 13.9. The molecule has 1 atom stereocenters. The van der Waals surface area contributed by atoms with Gasteiger partial charge in [0.2, 0.25) is 0 Å². The van der Waals surface area contributed by atoms with Crippen LogP contribution in [0.15, 0.2) is 41.6 Å². The van der Waals surface area contributed by atoms with Crippen molar-refractivity contribution < 1.29 is 18.1 Å². The molecule has 126 valence electrons. The van der Waals surface area contributed by atoms with Crippen LogP contribution < -0.4 is 9.04 Å². The van der Waals surface area contributed by atoms with Gasteiger partial charge < -0.3 is 4.74 Å². The summed E-state index contributed by atoms with van der Waals surface area (Å²) in [5.74, 6) is -0.0566. The van der Waals surface area contributed by atoms with Crippen LogP contribution in [0.3, 0.4) is 0 Å². The summed E-state index contributed by atoms with van der Waals surface area (Å²) in [5, 5.41) is 10.9. The summed E-state index contributed by atoms with van der Waals surface area (Å²) in [4.78, 5) is 14.2. The van der Waals surface area contributed by atoms with E-state index in [1.807, 2.05) is 0 Å². The van der Waals surface area contributed by atoms with Crippen molar-refractivity contribution in [2.24, 2.45) is 0 Å². The van der Waals surface area contributed by atoms with E-state index in [1.165, 1.54) is 23.7 Å². The summed E-state index contributed by atoms with van der Waals surface area (Å²) >= 11 is 0. The number of non-ortho nitro benzene ring substituents is 1. The highest BCUT2D eigenvalue weighted by Crippen LogP contribution is 2.39. The van der Waals surface area contributed by atoms with Gasteiger partial charge in [0, 0.05) is 24.5 Å². The van der Waals surface area contributed by atoms with Gasteiger partial charge in [-0.25, -0.2) is 8.42 Å². The topological polar surface area (TPSA) is 103 Å². The lowest BCUT2D eigenvalue weighted by Gasteiger charge is -2.25. The Labute approximate surface area is 138 Å². The maximum Gasteiger partial charge on any atom is 0.273 e. The lowest BCUT2D eigenvalue weighted by atomic mass is 10.2. The Balaban J connectivity index is 2.14. The van der Waals surface area contributed by atoms with Crippen LogP contribution in [0, 0.1) is 10.1 Å². The molecule has 0 saturated carbocycles. The van der Waals surface area contributed by atoms with Crippen LogP contribution in [0.2, 0.25) is 0 Å². The van der Waals surface area contributed by atoms with E-state index in [-0.39, 0.29) is 22.4 Å². The lowest BCUT2D eigenvalue weighted by molar-refractivity contribution is -0.385. The van der Waals surface area contributed by atoms with Gasteiger partial charge in [-0.2, -0.15) is 0 Å². The molecule has 2 heterocycles. The van der Waals surface area contributed by atoms with Gasteiger partial charge in [0.15, 0.2) is 0 Å². The van der Waals surface area contributed by atoms with Crippen LogP contribution in [0.25, 0.3) is 0 Å². The van der Waals surface area contributed by atoms with E-state index in [2.05, 4.69) is 4.98 Å². The highest BCUT2D eigenvalue weighted by atomic mass is 32.2. The normalized spacial score (nSPS) is 16.8. The molecule has 0 bridgehead atoms. The molecule has 9 heteroatoms. The SMILES string of the molecule is COc1cc([N+](=O)[O-])ccc1S(=O)(=O)N1c2ccncc2CC1C. The average Bonchev–Trinajstić information content (AvgIpc) is 2.90. The number of ether oxygens (including phenoxy) is 1. The minimum absolute atomic E-state index is 0.0566. The summed E-state index contributed by atoms with van der Waals surface area (Å²) in [6, 6.07) is 4.84. The fourth-order valence-electron chi connectivity index (χ4n) is 2.89. The Morgan fingerprint density at radius 2 is 2.12 bits per heavy atom. The second kappa shape index (κ2) is 5.75. The molecule has 0 N–H and O–H groups in total. The number of anilines is 1. The maximum absolute atomic E-state index is 13.1. The van der Waals surface area contributed by atoms with Crippen LogP contribution in [0.5, 0.6) is 5.75 Å². The number of nitro groups is 1. The number of hydrogen-bond donors (Lipinski definition) is 0. The number of pyridine rings is 1. The first-order valence-corrected chi connectivity index (χ1v) is 8.60. The predicted octanol–water partition coefficient (Wildman–Crippen LogP) is 2.14. The van der Waals surface area contributed by atoms with Crippen molar-refractivity contribution >= 4 is 21.4 Å². The number of rotatable bonds is 4. The van der Waals surface area contributed by atoms with Gasteiger partial charge in [0.25, 0.3) is 15.7 Å². The minimum atomic E-state index is -3.93. The molecule has 8 nitrogen and oxygen atoms in total. The van der Waals surface area contributed by atoms with Crippen LogP contribution in [0.1, 0.15) is 12.5 Å². The number of methoxy groups -OCH3 is 1. The van der Waals surface area contributed by atoms with Gasteiger partial charge >= 0.3 is 0 Å². The number of nitro benzene ring substituents is 1. The summed E-state index contributed by atoms with van der Waals surface area (Å²) in [6.45, 7) is 1.80. The summed E-state index contributed by atoms with van der Waals surface area (Å²) in [5.41, 5.74) is 1.18. The van der Waals surface area contributed by atoms with Gasteiger partial charge in [-0.05, 0) is 31.0 Å². The molecule has 0 saturated heterocycles. The zero-order valence-electron chi connectivity index (χ0n) is 13.0. The van der Waals surface area contributed by atoms with Gasteiger partial charge in [0.05, 0.1) is 23.8 Å². The third-order valence-corrected chi connectivity index (χ3v) is 5.89. The summed E-state index contributed by atoms with van der Waals surface area (Å²) in [7, 11) is -2.65. The molecule has 1 aliphatic heterocycles. The van der Waals surface area contributed by atoms with E-state index in [0.717, 1.165) is 17.7 Å². The second-order valence-electron chi connectivity index (χ2n) is 5.45. The number of sulfonamides is 1. The second-order valence-corrected chi connectivity index (χ2v) is 7.23. The quantitative estimate of drug-likeness (QED) is 0.619. The third kappa shape index (κ3) is 2.46. The average molecular weight is 349 g/mol. The highest BCUT2D eigenvalue weighted by Gasteiger charge is 2.38. The van der Waals surface area contributed by atoms with Crippen LogP contribution in [0.4, 0.5) is 11.4 Å². The van der Waals surface area contributed by atoms with Crippen molar-refractivity contribution in [1.29, 1.82) is 0 Å². The molecule has 1 aromatic heterocycles. The Kier molecular flexibility index (Phi) is 3.88. The Hall–Kier alpha value is -2.68. The van der Waals surface area contributed by atoms with Crippen molar-refractivity contribution in [3.63, 3.8) is 0 Å². The molecule has 1 aliphatic rings. The lowest BCUT2D eigenvalue weighted by Crippen LogP contribution is -2.35. The molecule has 0 radical (unpaired) electrons. The molecule has 1 aromatic carbocycles. The van der Waals surface area contributed by atoms with Crippen molar-refractivity contribution in [2.45, 2.75) is 24.3 Å². The first-order chi connectivity index (χ1) is 11.4. The number of hydrogen-bond acceptors (Lipinski definition) is 6. The molecule has 1 unspecified atom stereocenters. The molecule has 0 spiro atoms. The monoisotopic (exact) mass is 349 g/mol. The molecular weight excluding hydrogens is 334 g/mol. The van der Waals surface area contributed by atoms with Crippen LogP contribution >= 0.6 is 0 Å². The molecule has 24 heavy (non-hydrogen) atoms. The van der Waals surface area contributed by atoms with Crippen molar-refractivity contribution in [3.8, 4) is 5.75 Å². The zero-order chi connectivity index (χ0) is 17.5. The van der Waals surface area contributed by atoms with E-state index < -0.39 is 14.9 Å². The number of fused-ring (bicyclic) bond motifs is 1.